The molecular weight excluding hydrogens is 1050 g/mol. The highest BCUT2D eigenvalue weighted by Crippen LogP contribution is 2.15. The number of hydrogen-bond donors (Lipinski definition) is 0. The minimum atomic E-state index is -1.63. The van der Waals surface area contributed by atoms with Crippen molar-refractivity contribution in [1.82, 2.24) is 0 Å². The second-order valence-corrected chi connectivity index (χ2v) is 23.4. The van der Waals surface area contributed by atoms with E-state index in [1.165, 1.54) is 96.3 Å². The average molecular weight is 1180 g/mol. The minimum Gasteiger partial charge on any atom is -0.545 e. The lowest BCUT2D eigenvalue weighted by atomic mass is 10.1. The topological polar surface area (TPSA) is 111 Å². The van der Waals surface area contributed by atoms with E-state index < -0.39 is 24.3 Å². The summed E-state index contributed by atoms with van der Waals surface area (Å²) in [5.74, 6) is -2.31. The lowest BCUT2D eigenvalue weighted by Crippen LogP contribution is -2.44. The van der Waals surface area contributed by atoms with Gasteiger partial charge in [0.2, 0.25) is 0 Å². The molecule has 0 aliphatic carbocycles. The summed E-state index contributed by atoms with van der Waals surface area (Å²) >= 11 is 0. The molecule has 0 rings (SSSR count). The molecule has 482 valence electrons. The monoisotopic (exact) mass is 1180 g/mol. The number of allylic oxidation sites excluding steroid dienone is 24. The summed E-state index contributed by atoms with van der Waals surface area (Å²) in [6.45, 7) is 4.60. The Hall–Kier alpha value is -4.83. The Kier molecular flexibility index (Phi) is 61.4. The molecule has 85 heavy (non-hydrogen) atoms. The van der Waals surface area contributed by atoms with Crippen LogP contribution >= 0.6 is 0 Å². The fourth-order valence-electron chi connectivity index (χ4n) is 8.89. The highest BCUT2D eigenvalue weighted by molar-refractivity contribution is 5.70. The summed E-state index contributed by atoms with van der Waals surface area (Å²) in [5.41, 5.74) is 0. The Balaban J connectivity index is 4.21. The molecule has 0 aromatic heterocycles. The fourth-order valence-corrected chi connectivity index (χ4v) is 8.89. The number of nitrogens with zero attached hydrogens (tertiary/aromatic N) is 1. The molecule has 9 nitrogen and oxygen atoms in total. The quantitative estimate of drug-likeness (QED) is 0.0195. The highest BCUT2D eigenvalue weighted by atomic mass is 16.7. The maximum absolute atomic E-state index is 12.9. The van der Waals surface area contributed by atoms with Crippen molar-refractivity contribution >= 4 is 17.9 Å². The standard InChI is InChI=1S/C76H125NO8/c1-6-8-10-12-14-16-18-20-22-24-26-28-30-31-32-33-34-35-36-37-38-39-40-41-42-43-45-47-49-51-53-55-57-59-61-63-65-67-74(79)85-72(71-84-76(75(80)81)82-69-68-77(3,4)5)70-83-73(78)66-64-62-60-58-56-54-52-50-48-46-44-29-27-25-23-21-19-17-15-13-11-9-7-2/h8,10,14,16,19-22,25-28,31-32,34-35,37-38,40-41,43-46,72,76H,6-7,9,11-13,15,17-18,23-24,29-30,33,36,39,42,47-71H2,1-5H3/b10-8-,16-14-,21-19-,22-20-,27-25-,28-26-,32-31-,35-34-,38-37-,41-40-,45-43-,46-44-. The van der Waals surface area contributed by atoms with E-state index in [4.69, 9.17) is 18.9 Å². The summed E-state index contributed by atoms with van der Waals surface area (Å²) in [4.78, 5) is 37.5. The number of carbonyl (C=O) groups excluding carboxylic acids is 3. The van der Waals surface area contributed by atoms with Gasteiger partial charge >= 0.3 is 11.9 Å². The summed E-state index contributed by atoms with van der Waals surface area (Å²) in [6.07, 6.45) is 91.9. The van der Waals surface area contributed by atoms with Crippen molar-refractivity contribution < 1.29 is 42.9 Å². The second-order valence-electron chi connectivity index (χ2n) is 23.4. The van der Waals surface area contributed by atoms with Gasteiger partial charge in [-0.1, -0.05) is 269 Å². The largest absolute Gasteiger partial charge is 0.545 e. The van der Waals surface area contributed by atoms with E-state index in [1.807, 2.05) is 21.1 Å². The summed E-state index contributed by atoms with van der Waals surface area (Å²) in [6, 6.07) is 0. The van der Waals surface area contributed by atoms with Crippen LogP contribution in [0.15, 0.2) is 146 Å². The van der Waals surface area contributed by atoms with Crippen molar-refractivity contribution in [3.05, 3.63) is 146 Å². The molecule has 0 saturated carbocycles. The van der Waals surface area contributed by atoms with Gasteiger partial charge in [-0.3, -0.25) is 9.59 Å². The van der Waals surface area contributed by atoms with Gasteiger partial charge < -0.3 is 33.3 Å². The van der Waals surface area contributed by atoms with E-state index >= 15 is 0 Å². The van der Waals surface area contributed by atoms with Crippen LogP contribution in [0.5, 0.6) is 0 Å². The van der Waals surface area contributed by atoms with Gasteiger partial charge in [0.1, 0.15) is 13.2 Å². The van der Waals surface area contributed by atoms with Crippen LogP contribution in [0.2, 0.25) is 0 Å². The van der Waals surface area contributed by atoms with Gasteiger partial charge in [0.15, 0.2) is 12.4 Å². The predicted octanol–water partition coefficient (Wildman–Crippen LogP) is 19.8. The predicted molar refractivity (Wildman–Crippen MR) is 361 cm³/mol. The number of aliphatic carboxylic acids is 1. The number of carboxylic acid groups (broad SMARTS) is 1. The van der Waals surface area contributed by atoms with Gasteiger partial charge in [-0.2, -0.15) is 0 Å². The van der Waals surface area contributed by atoms with Gasteiger partial charge in [-0.25, -0.2) is 0 Å². The Morgan fingerprint density at radius 1 is 0.365 bits per heavy atom. The molecule has 0 amide bonds. The van der Waals surface area contributed by atoms with E-state index in [1.54, 1.807) is 0 Å². The minimum absolute atomic E-state index is 0.138. The first kappa shape index (κ1) is 80.2. The van der Waals surface area contributed by atoms with E-state index in [0.717, 1.165) is 128 Å². The smallest absolute Gasteiger partial charge is 0.306 e. The molecule has 0 radical (unpaired) electrons. The molecule has 0 spiro atoms. The van der Waals surface area contributed by atoms with Gasteiger partial charge in [0, 0.05) is 12.8 Å². The summed E-state index contributed by atoms with van der Waals surface area (Å²) in [7, 11) is 5.91. The fraction of sp³-hybridized carbons (Fsp3) is 0.645. The Labute approximate surface area is 522 Å². The van der Waals surface area contributed by atoms with E-state index in [-0.39, 0.29) is 38.6 Å². The summed E-state index contributed by atoms with van der Waals surface area (Å²) < 4.78 is 22.8. The third-order valence-corrected chi connectivity index (χ3v) is 14.1. The average Bonchev–Trinajstić information content (AvgIpc) is 3.48. The van der Waals surface area contributed by atoms with Gasteiger partial charge in [0.05, 0.1) is 40.3 Å². The van der Waals surface area contributed by atoms with Crippen LogP contribution < -0.4 is 5.11 Å². The highest BCUT2D eigenvalue weighted by Gasteiger charge is 2.22. The molecule has 0 aromatic rings. The van der Waals surface area contributed by atoms with E-state index in [2.05, 4.69) is 160 Å². The first-order chi connectivity index (χ1) is 41.6. The van der Waals surface area contributed by atoms with Crippen molar-refractivity contribution in [2.75, 3.05) is 47.5 Å². The second kappa shape index (κ2) is 65.2. The first-order valence-electron chi connectivity index (χ1n) is 34.0. The van der Waals surface area contributed by atoms with E-state index in [9.17, 15) is 19.5 Å². The zero-order valence-corrected chi connectivity index (χ0v) is 54.9. The Morgan fingerprint density at radius 3 is 1.00 bits per heavy atom. The normalized spacial score (nSPS) is 13.7. The van der Waals surface area contributed by atoms with Crippen LogP contribution in [0.25, 0.3) is 0 Å². The molecule has 2 unspecified atom stereocenters. The molecule has 0 saturated heterocycles. The van der Waals surface area contributed by atoms with Crippen molar-refractivity contribution in [2.45, 2.75) is 270 Å². The maximum atomic E-state index is 12.9. The molecule has 9 heteroatoms. The van der Waals surface area contributed by atoms with Crippen molar-refractivity contribution in [3.8, 4) is 0 Å². The van der Waals surface area contributed by atoms with Crippen molar-refractivity contribution in [3.63, 3.8) is 0 Å². The number of carboxylic acids is 1. The number of rotatable bonds is 61. The lowest BCUT2D eigenvalue weighted by molar-refractivity contribution is -0.870. The molecule has 0 N–H and O–H groups in total. The molecule has 0 heterocycles. The number of carbonyl (C=O) groups is 3. The lowest BCUT2D eigenvalue weighted by Gasteiger charge is -2.26. The van der Waals surface area contributed by atoms with Crippen molar-refractivity contribution in [1.29, 1.82) is 0 Å². The number of unbranched alkanes of at least 4 members (excludes halogenated alkanes) is 22. The van der Waals surface area contributed by atoms with Crippen LogP contribution in [0.4, 0.5) is 0 Å². The van der Waals surface area contributed by atoms with Crippen LogP contribution in [0, 0.1) is 0 Å². The number of likely N-dealkylation sites (N-methyl/N-ethyl adjacent to an activating group) is 1. The molecule has 0 fully saturated rings. The molecular formula is C76H125NO8. The number of quaternary nitrogens is 1. The maximum Gasteiger partial charge on any atom is 0.306 e. The van der Waals surface area contributed by atoms with Crippen molar-refractivity contribution in [2.24, 2.45) is 0 Å². The first-order valence-corrected chi connectivity index (χ1v) is 34.0. The van der Waals surface area contributed by atoms with Crippen LogP contribution in [-0.4, -0.2) is 82.3 Å². The molecule has 0 aromatic carbocycles. The third-order valence-electron chi connectivity index (χ3n) is 14.1. The van der Waals surface area contributed by atoms with Crippen LogP contribution in [0.3, 0.4) is 0 Å². The van der Waals surface area contributed by atoms with Gasteiger partial charge in [-0.05, 0) is 122 Å². The van der Waals surface area contributed by atoms with Gasteiger partial charge in [0.25, 0.3) is 0 Å². The van der Waals surface area contributed by atoms with Gasteiger partial charge in [-0.15, -0.1) is 0 Å². The zero-order chi connectivity index (χ0) is 61.9. The Bertz CT molecular complexity index is 1900. The van der Waals surface area contributed by atoms with Crippen LogP contribution in [0.1, 0.15) is 258 Å². The molecule has 0 aliphatic heterocycles. The van der Waals surface area contributed by atoms with E-state index in [0.29, 0.717) is 17.4 Å². The number of esters is 2. The Morgan fingerprint density at radius 2 is 0.671 bits per heavy atom. The molecule has 0 aliphatic rings. The summed E-state index contributed by atoms with van der Waals surface area (Å²) in [5, 5.41) is 11.8. The third kappa shape index (κ3) is 66.5. The SMILES string of the molecule is CC/C=C\C/C=C\C/C=C\C/C=C\C/C=C\C/C=C\C/C=C\C/C=C\C/C=C\CCCCCCCCCCCC(=O)OC(COC(=O)CCCCCCCCCC/C=C\C/C=C\C/C=C\CCCCCCC)COC(OCC[N+](C)(C)C)C(=O)[O-]. The molecule has 2 atom stereocenters. The number of hydrogen-bond acceptors (Lipinski definition) is 8. The molecule has 0 bridgehead atoms. The number of ether oxygens (including phenoxy) is 4. The zero-order valence-electron chi connectivity index (χ0n) is 54.9. The van der Waals surface area contributed by atoms with Crippen LogP contribution in [-0.2, 0) is 33.3 Å².